The van der Waals surface area contributed by atoms with Gasteiger partial charge in [0.1, 0.15) is 0 Å². The molecule has 4 heterocycles. The third-order valence-corrected chi connectivity index (χ3v) is 20.2. The normalized spacial score (nSPS) is 11.9. The summed E-state index contributed by atoms with van der Waals surface area (Å²) in [6.45, 7) is 0. The van der Waals surface area contributed by atoms with Crippen molar-refractivity contribution in [3.63, 3.8) is 0 Å². The van der Waals surface area contributed by atoms with Crippen molar-refractivity contribution in [1.29, 1.82) is 0 Å². The maximum atomic E-state index is 2.44. The van der Waals surface area contributed by atoms with Crippen LogP contribution in [0.4, 0.5) is 17.1 Å². The Balaban J connectivity index is 0.776. The molecule has 0 saturated carbocycles. The van der Waals surface area contributed by atoms with E-state index in [2.05, 4.69) is 381 Å². The minimum Gasteiger partial charge on any atom is -0.310 e. The number of rotatable bonds is 10. The summed E-state index contributed by atoms with van der Waals surface area (Å²) in [6, 6.07) is 132. The quantitative estimate of drug-likeness (QED) is 0.134. The molecule has 0 unspecified atom stereocenters. The van der Waals surface area contributed by atoms with Crippen LogP contribution in [0.5, 0.6) is 0 Å². The van der Waals surface area contributed by atoms with Crippen LogP contribution in [-0.2, 0) is 0 Å². The monoisotopic (exact) mass is 1230 g/mol. The lowest BCUT2D eigenvalue weighted by molar-refractivity contribution is 1.17. The molecule has 0 saturated heterocycles. The molecule has 0 N–H and O–H groups in total. The Kier molecular flexibility index (Phi) is 12.3. The molecule has 0 bridgehead atoms. The lowest BCUT2D eigenvalue weighted by Crippen LogP contribution is -2.10. The third kappa shape index (κ3) is 8.79. The topological polar surface area (TPSA) is 23.0 Å². The van der Waals surface area contributed by atoms with Crippen LogP contribution < -0.4 is 4.90 Å². The summed E-state index contributed by atoms with van der Waals surface area (Å²) in [5.74, 6) is 0. The predicted octanol–water partition coefficient (Wildman–Crippen LogP) is 24.9. The first-order valence-corrected chi connectivity index (χ1v) is 33.4. The van der Waals surface area contributed by atoms with Gasteiger partial charge in [-0.2, -0.15) is 0 Å². The Morgan fingerprint density at radius 3 is 0.907 bits per heavy atom. The number of hydrogen-bond donors (Lipinski definition) is 0. The molecule has 20 aromatic rings. The molecule has 5 heteroatoms. The van der Waals surface area contributed by atoms with E-state index in [1.807, 2.05) is 0 Å². The predicted molar refractivity (Wildman–Crippen MR) is 410 cm³/mol. The van der Waals surface area contributed by atoms with Crippen LogP contribution >= 0.6 is 0 Å². The van der Waals surface area contributed by atoms with E-state index < -0.39 is 0 Å². The number of hydrogen-bond acceptors (Lipinski definition) is 1. The van der Waals surface area contributed by atoms with E-state index in [1.165, 1.54) is 97.7 Å². The second kappa shape index (κ2) is 21.8. The van der Waals surface area contributed by atoms with Crippen LogP contribution in [0.15, 0.2) is 358 Å². The number of para-hydroxylation sites is 6. The number of anilines is 3. The zero-order chi connectivity index (χ0) is 63.7. The SMILES string of the molecule is c1ccc(-n2c3ccccc3c3ccc(N(c4ccc(-c5cc(-c6ccc7c(c6)c6ccccc6n7-c6ccc7ccccc7c6)cc(-c6ccc7c(c6)c6ccccc6n7-c6ccc7ccccc7c6)c5)cc4)c4ccc5c6ccccc6n(-c6ccccc6)c5c4)cc32)cc1. The lowest BCUT2D eigenvalue weighted by atomic mass is 9.92. The molecule has 0 aliphatic heterocycles. The van der Waals surface area contributed by atoms with Crippen LogP contribution in [0.25, 0.3) is 165 Å². The van der Waals surface area contributed by atoms with Crippen molar-refractivity contribution in [3.8, 4) is 56.1 Å². The summed E-state index contributed by atoms with van der Waals surface area (Å²) in [7, 11) is 0. The lowest BCUT2D eigenvalue weighted by Gasteiger charge is -2.26. The van der Waals surface area contributed by atoms with Crippen LogP contribution in [0.2, 0.25) is 0 Å². The van der Waals surface area contributed by atoms with Gasteiger partial charge in [-0.15, -0.1) is 0 Å². The molecule has 16 aromatic carbocycles. The average Bonchev–Trinajstić information content (AvgIpc) is 1.62. The van der Waals surface area contributed by atoms with E-state index in [9.17, 15) is 0 Å². The molecule has 0 aliphatic rings. The van der Waals surface area contributed by atoms with Gasteiger partial charge in [-0.05, 0) is 207 Å². The molecule has 452 valence electrons. The largest absolute Gasteiger partial charge is 0.310 e. The second-order valence-electron chi connectivity index (χ2n) is 25.7. The van der Waals surface area contributed by atoms with Crippen molar-refractivity contribution in [3.05, 3.63) is 358 Å². The first-order chi connectivity index (χ1) is 48.1. The molecule has 0 amide bonds. The minimum absolute atomic E-state index is 1.05. The van der Waals surface area contributed by atoms with Gasteiger partial charge in [-0.25, -0.2) is 0 Å². The molecule has 0 atom stereocenters. The molecule has 20 rings (SSSR count). The summed E-state index contributed by atoms with van der Waals surface area (Å²) in [5, 5.41) is 14.6. The van der Waals surface area contributed by atoms with Gasteiger partial charge in [0.25, 0.3) is 0 Å². The molecule has 0 radical (unpaired) electrons. The van der Waals surface area contributed by atoms with Gasteiger partial charge in [0, 0.05) is 82.9 Å². The van der Waals surface area contributed by atoms with Gasteiger partial charge >= 0.3 is 0 Å². The maximum Gasteiger partial charge on any atom is 0.0561 e. The van der Waals surface area contributed by atoms with Crippen LogP contribution in [0.3, 0.4) is 0 Å². The Bertz CT molecular complexity index is 6190. The fourth-order valence-corrected chi connectivity index (χ4v) is 15.8. The standard InChI is InChI=1S/C92H59N5/c1-3-23-70(24-4-1)94-85-31-15-11-27-77(85)81-47-45-75(58-91(81)94)93(76-46-48-82-78-28-12-16-32-86(78)95(92(82)59-76)71-25-5-2-6-26-71)72-41-35-62(36-42-72)67-51-68(65-39-49-89-83(56-65)79-29-13-17-33-87(79)96(89)73-43-37-60-19-7-9-21-63(60)54-73)53-69(52-67)66-40-50-90-84(57-66)80-30-14-18-34-88(80)97(90)74-44-38-61-20-8-10-22-64(61)55-74/h1-59H. The van der Waals surface area contributed by atoms with Crippen molar-refractivity contribution in [2.24, 2.45) is 0 Å². The summed E-state index contributed by atoms with van der Waals surface area (Å²) in [5.41, 5.74) is 23.9. The van der Waals surface area contributed by atoms with Crippen LogP contribution in [0, 0.1) is 0 Å². The van der Waals surface area contributed by atoms with Gasteiger partial charge in [-0.1, -0.05) is 206 Å². The van der Waals surface area contributed by atoms with E-state index in [0.717, 1.165) is 84.2 Å². The highest BCUT2D eigenvalue weighted by Gasteiger charge is 2.23. The van der Waals surface area contributed by atoms with Gasteiger partial charge in [0.2, 0.25) is 0 Å². The number of nitrogens with zero attached hydrogens (tertiary/aromatic N) is 5. The number of fused-ring (bicyclic) bond motifs is 14. The van der Waals surface area contributed by atoms with Crippen molar-refractivity contribution in [2.75, 3.05) is 4.90 Å². The van der Waals surface area contributed by atoms with Crippen LogP contribution in [0.1, 0.15) is 0 Å². The number of benzene rings is 16. The van der Waals surface area contributed by atoms with Crippen LogP contribution in [-0.4, -0.2) is 18.3 Å². The van der Waals surface area contributed by atoms with Crippen molar-refractivity contribution >= 4 is 126 Å². The van der Waals surface area contributed by atoms with Gasteiger partial charge in [0.05, 0.1) is 44.1 Å². The number of aromatic nitrogens is 4. The van der Waals surface area contributed by atoms with Gasteiger partial charge in [-0.3, -0.25) is 0 Å². The molecular formula is C92H59N5. The average molecular weight is 1230 g/mol. The highest BCUT2D eigenvalue weighted by Crippen LogP contribution is 2.46. The maximum absolute atomic E-state index is 2.44. The van der Waals surface area contributed by atoms with E-state index in [1.54, 1.807) is 0 Å². The van der Waals surface area contributed by atoms with E-state index in [4.69, 9.17) is 0 Å². The van der Waals surface area contributed by atoms with Crippen molar-refractivity contribution in [2.45, 2.75) is 0 Å². The first kappa shape index (κ1) is 54.6. The molecule has 5 nitrogen and oxygen atoms in total. The van der Waals surface area contributed by atoms with E-state index in [-0.39, 0.29) is 0 Å². The fourth-order valence-electron chi connectivity index (χ4n) is 15.8. The Morgan fingerprint density at radius 2 is 0.474 bits per heavy atom. The summed E-state index contributed by atoms with van der Waals surface area (Å²) >= 11 is 0. The summed E-state index contributed by atoms with van der Waals surface area (Å²) in [6.07, 6.45) is 0. The molecule has 4 aromatic heterocycles. The Morgan fingerprint density at radius 1 is 0.155 bits per heavy atom. The first-order valence-electron chi connectivity index (χ1n) is 33.4. The zero-order valence-corrected chi connectivity index (χ0v) is 52.8. The van der Waals surface area contributed by atoms with E-state index in [0.29, 0.717) is 0 Å². The highest BCUT2D eigenvalue weighted by atomic mass is 15.1. The molecule has 0 spiro atoms. The van der Waals surface area contributed by atoms with E-state index >= 15 is 0 Å². The summed E-state index contributed by atoms with van der Waals surface area (Å²) < 4.78 is 9.69. The molecule has 0 fully saturated rings. The molecular weight excluding hydrogens is 1180 g/mol. The fraction of sp³-hybridized carbons (Fsp3) is 0. The van der Waals surface area contributed by atoms with Crippen molar-refractivity contribution < 1.29 is 0 Å². The Hall–Kier alpha value is -13.0. The molecule has 0 aliphatic carbocycles. The smallest absolute Gasteiger partial charge is 0.0561 e. The van der Waals surface area contributed by atoms with Gasteiger partial charge in [0.15, 0.2) is 0 Å². The zero-order valence-electron chi connectivity index (χ0n) is 52.8. The second-order valence-corrected chi connectivity index (χ2v) is 25.7. The van der Waals surface area contributed by atoms with Gasteiger partial charge < -0.3 is 23.2 Å². The Labute approximate surface area is 559 Å². The third-order valence-electron chi connectivity index (χ3n) is 20.2. The molecule has 97 heavy (non-hydrogen) atoms. The highest BCUT2D eigenvalue weighted by molar-refractivity contribution is 6.15. The van der Waals surface area contributed by atoms with Crippen molar-refractivity contribution in [1.82, 2.24) is 18.3 Å². The minimum atomic E-state index is 1.05. The summed E-state index contributed by atoms with van der Waals surface area (Å²) in [4.78, 5) is 2.44.